The van der Waals surface area contributed by atoms with Crippen molar-refractivity contribution in [1.29, 1.82) is 0 Å². The molecule has 0 N–H and O–H groups in total. The van der Waals surface area contributed by atoms with Gasteiger partial charge in [0, 0.05) is 34.5 Å². The lowest BCUT2D eigenvalue weighted by Gasteiger charge is -2.13. The van der Waals surface area contributed by atoms with Crippen molar-refractivity contribution in [1.82, 2.24) is 14.7 Å². The number of unbranched alkanes of at least 4 members (excludes halogenated alkanes) is 4. The van der Waals surface area contributed by atoms with Crippen molar-refractivity contribution in [3.63, 3.8) is 0 Å². The van der Waals surface area contributed by atoms with Gasteiger partial charge in [-0.25, -0.2) is 4.68 Å². The van der Waals surface area contributed by atoms with Crippen LogP contribution in [0.25, 0.3) is 23.0 Å². The maximum absolute atomic E-state index is 13.3. The van der Waals surface area contributed by atoms with E-state index in [2.05, 4.69) is 6.92 Å². The summed E-state index contributed by atoms with van der Waals surface area (Å²) in [6.45, 7) is 3.25. The van der Waals surface area contributed by atoms with E-state index in [1.54, 1.807) is 4.90 Å². The normalized spacial score (nSPS) is 14.3. The quantitative estimate of drug-likeness (QED) is 0.0921. The molecule has 0 aliphatic carbocycles. The lowest BCUT2D eigenvalue weighted by atomic mass is 10.1. The van der Waals surface area contributed by atoms with Gasteiger partial charge in [-0.3, -0.25) is 9.69 Å². The number of rotatable bonds is 12. The molecule has 1 aliphatic rings. The van der Waals surface area contributed by atoms with Gasteiger partial charge >= 0.3 is 0 Å². The molecule has 1 aromatic heterocycles. The second kappa shape index (κ2) is 14.0. The number of para-hydroxylation sites is 1. The van der Waals surface area contributed by atoms with Crippen LogP contribution in [0.4, 0.5) is 0 Å². The third-order valence-corrected chi connectivity index (χ3v) is 8.64. The average molecular weight is 602 g/mol. The molecule has 1 saturated heterocycles. The van der Waals surface area contributed by atoms with E-state index in [1.807, 2.05) is 95.8 Å². The zero-order valence-electron chi connectivity index (χ0n) is 23.0. The fourth-order valence-corrected chi connectivity index (χ4v) is 6.11. The molecule has 0 atom stereocenters. The maximum Gasteiger partial charge on any atom is 0.266 e. The second-order valence-electron chi connectivity index (χ2n) is 9.87. The zero-order chi connectivity index (χ0) is 28.6. The third-order valence-electron chi connectivity index (χ3n) is 6.89. The van der Waals surface area contributed by atoms with E-state index >= 15 is 0 Å². The van der Waals surface area contributed by atoms with Crippen LogP contribution in [0, 0.1) is 0 Å². The largest absolute Gasteiger partial charge is 0.489 e. The molecule has 4 aromatic rings. The van der Waals surface area contributed by atoms with E-state index in [9.17, 15) is 4.79 Å². The summed E-state index contributed by atoms with van der Waals surface area (Å²) in [7, 11) is 0. The Balaban J connectivity index is 1.38. The number of hydrogen-bond donors (Lipinski definition) is 0. The van der Waals surface area contributed by atoms with Crippen LogP contribution in [0.2, 0.25) is 5.02 Å². The van der Waals surface area contributed by atoms with Crippen LogP contribution in [0.3, 0.4) is 0 Å². The highest BCUT2D eigenvalue weighted by atomic mass is 35.5. The van der Waals surface area contributed by atoms with Crippen LogP contribution < -0.4 is 4.74 Å². The Bertz CT molecular complexity index is 1530. The Labute approximate surface area is 256 Å². The summed E-state index contributed by atoms with van der Waals surface area (Å²) < 4.78 is 8.44. The third kappa shape index (κ3) is 7.28. The molecule has 1 fully saturated rings. The van der Waals surface area contributed by atoms with Gasteiger partial charge in [0.15, 0.2) is 0 Å². The zero-order valence-corrected chi connectivity index (χ0v) is 25.4. The van der Waals surface area contributed by atoms with Gasteiger partial charge in [0.1, 0.15) is 16.7 Å². The number of thioether (sulfide) groups is 1. The van der Waals surface area contributed by atoms with E-state index in [0.29, 0.717) is 27.4 Å². The van der Waals surface area contributed by atoms with Gasteiger partial charge in [-0.05, 0) is 55.0 Å². The van der Waals surface area contributed by atoms with E-state index in [0.717, 1.165) is 46.7 Å². The highest BCUT2D eigenvalue weighted by Gasteiger charge is 2.32. The average Bonchev–Trinajstić information content (AvgIpc) is 3.53. The van der Waals surface area contributed by atoms with Gasteiger partial charge in [-0.1, -0.05) is 105 Å². The highest BCUT2D eigenvalue weighted by molar-refractivity contribution is 8.26. The lowest BCUT2D eigenvalue weighted by Crippen LogP contribution is -2.29. The molecule has 5 nitrogen and oxygen atoms in total. The molecule has 0 spiro atoms. The Kier molecular flexibility index (Phi) is 9.93. The summed E-state index contributed by atoms with van der Waals surface area (Å²) in [6, 6.07) is 25.4. The van der Waals surface area contributed by atoms with E-state index in [-0.39, 0.29) is 5.91 Å². The Morgan fingerprint density at radius 1 is 0.951 bits per heavy atom. The van der Waals surface area contributed by atoms with Crippen molar-refractivity contribution in [2.75, 3.05) is 6.54 Å². The lowest BCUT2D eigenvalue weighted by molar-refractivity contribution is -0.122. The standard InChI is InChI=1S/C33H32ClN3O2S2/c1-2-3-4-5-11-20-36-32(38)30(41-33(36)40)21-26-22-37(27-13-7-6-8-14-27)35-31(26)24-16-18-28(19-17-24)39-23-25-12-9-10-15-29(25)34/h6-10,12-19,21-22H,2-5,11,20,23H2,1H3/b30-21-. The molecular formula is C33H32ClN3O2S2. The van der Waals surface area contributed by atoms with E-state index in [1.165, 1.54) is 31.0 Å². The monoisotopic (exact) mass is 601 g/mol. The molecule has 1 aliphatic heterocycles. The second-order valence-corrected chi connectivity index (χ2v) is 11.9. The number of nitrogens with zero attached hydrogens (tertiary/aromatic N) is 3. The predicted molar refractivity (Wildman–Crippen MR) is 173 cm³/mol. The van der Waals surface area contributed by atoms with Gasteiger partial charge in [0.05, 0.1) is 16.3 Å². The number of thiocarbonyl (C=S) groups is 1. The van der Waals surface area contributed by atoms with Crippen molar-refractivity contribution < 1.29 is 9.53 Å². The van der Waals surface area contributed by atoms with E-state index in [4.69, 9.17) is 33.7 Å². The molecule has 0 radical (unpaired) electrons. The van der Waals surface area contributed by atoms with Gasteiger partial charge in [0.25, 0.3) is 5.91 Å². The molecule has 2 heterocycles. The predicted octanol–water partition coefficient (Wildman–Crippen LogP) is 8.94. The molecule has 0 bridgehead atoms. The van der Waals surface area contributed by atoms with Crippen LogP contribution in [0.15, 0.2) is 90.0 Å². The summed E-state index contributed by atoms with van der Waals surface area (Å²) in [5.41, 5.74) is 4.41. The van der Waals surface area contributed by atoms with Crippen molar-refractivity contribution in [2.24, 2.45) is 0 Å². The molecule has 41 heavy (non-hydrogen) atoms. The van der Waals surface area contributed by atoms with Crippen molar-refractivity contribution >= 4 is 51.9 Å². The van der Waals surface area contributed by atoms with Gasteiger partial charge < -0.3 is 4.74 Å². The molecule has 0 saturated carbocycles. The van der Waals surface area contributed by atoms with Crippen LogP contribution in [0.1, 0.15) is 50.2 Å². The van der Waals surface area contributed by atoms with Crippen LogP contribution in [0.5, 0.6) is 5.75 Å². The molecule has 0 unspecified atom stereocenters. The van der Waals surface area contributed by atoms with Gasteiger partial charge in [-0.2, -0.15) is 5.10 Å². The molecule has 5 rings (SSSR count). The summed E-state index contributed by atoms with van der Waals surface area (Å²) in [5.74, 6) is 0.703. The maximum atomic E-state index is 13.3. The summed E-state index contributed by atoms with van der Waals surface area (Å²) in [4.78, 5) is 15.7. The number of benzene rings is 3. The Morgan fingerprint density at radius 2 is 1.68 bits per heavy atom. The minimum atomic E-state index is -0.0303. The molecule has 3 aromatic carbocycles. The first-order chi connectivity index (χ1) is 20.0. The van der Waals surface area contributed by atoms with Gasteiger partial charge in [-0.15, -0.1) is 0 Å². The van der Waals surface area contributed by atoms with Crippen molar-refractivity contribution in [2.45, 2.75) is 45.6 Å². The van der Waals surface area contributed by atoms with E-state index < -0.39 is 0 Å². The smallest absolute Gasteiger partial charge is 0.266 e. The Hall–Kier alpha value is -3.39. The number of carbonyl (C=O) groups excluding carboxylic acids is 1. The number of aromatic nitrogens is 2. The number of ether oxygens (including phenoxy) is 1. The number of halogens is 1. The first-order valence-electron chi connectivity index (χ1n) is 13.9. The Morgan fingerprint density at radius 3 is 2.44 bits per heavy atom. The van der Waals surface area contributed by atoms with Gasteiger partial charge in [0.2, 0.25) is 0 Å². The van der Waals surface area contributed by atoms with Crippen LogP contribution in [-0.2, 0) is 11.4 Å². The fourth-order valence-electron chi connectivity index (χ4n) is 4.62. The van der Waals surface area contributed by atoms with Crippen molar-refractivity contribution in [3.05, 3.63) is 106 Å². The number of amides is 1. The number of carbonyl (C=O) groups is 1. The summed E-state index contributed by atoms with van der Waals surface area (Å²) >= 11 is 13.2. The first kappa shape index (κ1) is 29.1. The minimum absolute atomic E-state index is 0.0303. The molecule has 1 amide bonds. The molecule has 210 valence electrons. The molecule has 8 heteroatoms. The SMILES string of the molecule is CCCCCCCN1C(=O)/C(=C/c2cn(-c3ccccc3)nc2-c2ccc(OCc3ccccc3Cl)cc2)SC1=S. The van der Waals surface area contributed by atoms with Crippen LogP contribution >= 0.6 is 35.6 Å². The molecular weight excluding hydrogens is 570 g/mol. The first-order valence-corrected chi connectivity index (χ1v) is 15.5. The minimum Gasteiger partial charge on any atom is -0.489 e. The summed E-state index contributed by atoms with van der Waals surface area (Å²) in [6.07, 6.45) is 9.55. The van der Waals surface area contributed by atoms with Crippen LogP contribution in [-0.4, -0.2) is 31.5 Å². The summed E-state index contributed by atoms with van der Waals surface area (Å²) in [5, 5.41) is 5.60. The highest BCUT2D eigenvalue weighted by Crippen LogP contribution is 2.35. The number of hydrogen-bond acceptors (Lipinski definition) is 5. The topological polar surface area (TPSA) is 47.4 Å². The van der Waals surface area contributed by atoms with Crippen molar-refractivity contribution in [3.8, 4) is 22.7 Å². The fraction of sp³-hybridized carbons (Fsp3) is 0.242.